The van der Waals surface area contributed by atoms with Gasteiger partial charge in [0.15, 0.2) is 11.5 Å². The quantitative estimate of drug-likeness (QED) is 0.480. The zero-order chi connectivity index (χ0) is 19.3. The monoisotopic (exact) mass is 377 g/mol. The number of carbonyl (C=O) groups excluding carboxylic acids is 1. The van der Waals surface area contributed by atoms with Crippen molar-refractivity contribution in [3.8, 4) is 22.9 Å². The first kappa shape index (κ1) is 17.9. The highest BCUT2D eigenvalue weighted by molar-refractivity contribution is 5.85. The number of aliphatic hydroxyl groups excluding tert-OH is 1. The number of carbonyl (C=O) groups is 1. The van der Waals surface area contributed by atoms with Crippen LogP contribution in [0.15, 0.2) is 63.8 Å². The lowest BCUT2D eigenvalue weighted by atomic mass is 10.1. The van der Waals surface area contributed by atoms with Crippen LogP contribution in [0.5, 0.6) is 0 Å². The van der Waals surface area contributed by atoms with Crippen LogP contribution in [0.2, 0.25) is 0 Å². The molecular weight excluding hydrogens is 358 g/mol. The van der Waals surface area contributed by atoms with E-state index in [1.165, 1.54) is 0 Å². The SMILES string of the molecule is O=C(Cc1ccc2nc(-c3ccco3)c(-c3ccco3)nc2c1)NCCCO. The second kappa shape index (κ2) is 8.06. The summed E-state index contributed by atoms with van der Waals surface area (Å²) in [5, 5.41) is 11.6. The molecule has 7 heteroatoms. The zero-order valence-corrected chi connectivity index (χ0v) is 15.1. The van der Waals surface area contributed by atoms with E-state index >= 15 is 0 Å². The molecule has 0 aliphatic heterocycles. The minimum atomic E-state index is -0.0979. The van der Waals surface area contributed by atoms with Gasteiger partial charge in [0, 0.05) is 13.2 Å². The Balaban J connectivity index is 1.69. The highest BCUT2D eigenvalue weighted by Gasteiger charge is 2.17. The standard InChI is InChI=1S/C21H19N3O4/c25-9-3-8-22-19(26)13-14-6-7-15-16(12-14)24-21(18-5-2-11-28-18)20(23-15)17-4-1-10-27-17/h1-2,4-7,10-12,25H,3,8-9,13H2,(H,22,26). The van der Waals surface area contributed by atoms with Crippen LogP contribution in [0, 0.1) is 0 Å². The molecule has 2 N–H and O–H groups in total. The maximum Gasteiger partial charge on any atom is 0.224 e. The smallest absolute Gasteiger partial charge is 0.224 e. The number of amides is 1. The van der Waals surface area contributed by atoms with E-state index in [1.54, 1.807) is 24.7 Å². The molecule has 7 nitrogen and oxygen atoms in total. The molecule has 0 atom stereocenters. The number of furan rings is 2. The number of benzene rings is 1. The van der Waals surface area contributed by atoms with Gasteiger partial charge in [0.05, 0.1) is 30.0 Å². The average molecular weight is 377 g/mol. The summed E-state index contributed by atoms with van der Waals surface area (Å²) in [5.74, 6) is 1.10. The van der Waals surface area contributed by atoms with Crippen LogP contribution in [-0.4, -0.2) is 34.1 Å². The Morgan fingerprint density at radius 2 is 1.64 bits per heavy atom. The van der Waals surface area contributed by atoms with Gasteiger partial charge in [-0.25, -0.2) is 9.97 Å². The molecule has 4 aromatic rings. The van der Waals surface area contributed by atoms with Crippen molar-refractivity contribution in [3.63, 3.8) is 0 Å². The van der Waals surface area contributed by atoms with Gasteiger partial charge in [0.1, 0.15) is 11.4 Å². The van der Waals surface area contributed by atoms with E-state index in [4.69, 9.17) is 23.9 Å². The van der Waals surface area contributed by atoms with Crippen LogP contribution in [0.3, 0.4) is 0 Å². The molecule has 0 saturated carbocycles. The van der Waals surface area contributed by atoms with Gasteiger partial charge in [-0.3, -0.25) is 4.79 Å². The maximum absolute atomic E-state index is 12.0. The lowest BCUT2D eigenvalue weighted by Gasteiger charge is -2.08. The Hall–Kier alpha value is -3.45. The first-order valence-corrected chi connectivity index (χ1v) is 9.00. The van der Waals surface area contributed by atoms with Crippen molar-refractivity contribution in [2.45, 2.75) is 12.8 Å². The fourth-order valence-corrected chi connectivity index (χ4v) is 2.93. The number of nitrogens with one attached hydrogen (secondary N) is 1. The third kappa shape index (κ3) is 3.79. The highest BCUT2D eigenvalue weighted by atomic mass is 16.3. The number of nitrogens with zero attached hydrogens (tertiary/aromatic N) is 2. The molecule has 1 aromatic carbocycles. The van der Waals surface area contributed by atoms with Crippen molar-refractivity contribution in [1.82, 2.24) is 15.3 Å². The molecule has 0 aliphatic rings. The van der Waals surface area contributed by atoms with Crippen LogP contribution in [-0.2, 0) is 11.2 Å². The second-order valence-electron chi connectivity index (χ2n) is 6.30. The van der Waals surface area contributed by atoms with Gasteiger partial charge >= 0.3 is 0 Å². The minimum Gasteiger partial charge on any atom is -0.463 e. The maximum atomic E-state index is 12.0. The molecule has 3 aromatic heterocycles. The molecule has 0 bridgehead atoms. The Morgan fingerprint density at radius 3 is 2.25 bits per heavy atom. The summed E-state index contributed by atoms with van der Waals surface area (Å²) in [5.41, 5.74) is 3.38. The summed E-state index contributed by atoms with van der Waals surface area (Å²) >= 11 is 0. The molecule has 0 saturated heterocycles. The predicted octanol–water partition coefficient (Wildman–Crippen LogP) is 3.19. The first-order valence-electron chi connectivity index (χ1n) is 9.00. The van der Waals surface area contributed by atoms with Gasteiger partial charge in [-0.1, -0.05) is 6.07 Å². The van der Waals surface area contributed by atoms with Gasteiger partial charge in [0.2, 0.25) is 5.91 Å². The van der Waals surface area contributed by atoms with Gasteiger partial charge in [-0.2, -0.15) is 0 Å². The van der Waals surface area contributed by atoms with Crippen LogP contribution in [0.1, 0.15) is 12.0 Å². The fourth-order valence-electron chi connectivity index (χ4n) is 2.93. The lowest BCUT2D eigenvalue weighted by molar-refractivity contribution is -0.120. The van der Waals surface area contributed by atoms with E-state index < -0.39 is 0 Å². The van der Waals surface area contributed by atoms with Crippen LogP contribution >= 0.6 is 0 Å². The van der Waals surface area contributed by atoms with E-state index in [0.717, 1.165) is 5.56 Å². The summed E-state index contributed by atoms with van der Waals surface area (Å²) in [6.07, 6.45) is 3.95. The second-order valence-corrected chi connectivity index (χ2v) is 6.30. The number of rotatable bonds is 7. The van der Waals surface area contributed by atoms with Gasteiger partial charge in [-0.15, -0.1) is 0 Å². The van der Waals surface area contributed by atoms with Gasteiger partial charge in [0.25, 0.3) is 0 Å². The summed E-state index contributed by atoms with van der Waals surface area (Å²) in [6, 6.07) is 12.8. The molecule has 0 fully saturated rings. The van der Waals surface area contributed by atoms with Crippen LogP contribution in [0.25, 0.3) is 33.9 Å². The van der Waals surface area contributed by atoms with Crippen molar-refractivity contribution >= 4 is 16.9 Å². The van der Waals surface area contributed by atoms with Gasteiger partial charge < -0.3 is 19.3 Å². The van der Waals surface area contributed by atoms with E-state index in [-0.39, 0.29) is 18.9 Å². The summed E-state index contributed by atoms with van der Waals surface area (Å²) in [7, 11) is 0. The lowest BCUT2D eigenvalue weighted by Crippen LogP contribution is -2.26. The number of hydrogen-bond acceptors (Lipinski definition) is 6. The van der Waals surface area contributed by atoms with E-state index in [1.807, 2.05) is 30.3 Å². The number of fused-ring (bicyclic) bond motifs is 1. The number of aliphatic hydroxyl groups is 1. The Labute approximate surface area is 161 Å². The van der Waals surface area contributed by atoms with Crippen molar-refractivity contribution < 1.29 is 18.7 Å². The van der Waals surface area contributed by atoms with Gasteiger partial charge in [-0.05, 0) is 48.4 Å². The molecule has 0 spiro atoms. The van der Waals surface area contributed by atoms with Crippen LogP contribution < -0.4 is 5.32 Å². The third-order valence-corrected chi connectivity index (χ3v) is 4.26. The van der Waals surface area contributed by atoms with Crippen molar-refractivity contribution in [1.29, 1.82) is 0 Å². The molecule has 0 radical (unpaired) electrons. The molecule has 0 unspecified atom stereocenters. The van der Waals surface area contributed by atoms with E-state index in [0.29, 0.717) is 46.9 Å². The van der Waals surface area contributed by atoms with Crippen molar-refractivity contribution in [2.24, 2.45) is 0 Å². The molecule has 1 amide bonds. The Kier molecular flexibility index (Phi) is 5.16. The molecular formula is C21H19N3O4. The predicted molar refractivity (Wildman–Crippen MR) is 103 cm³/mol. The summed E-state index contributed by atoms with van der Waals surface area (Å²) in [4.78, 5) is 21.5. The van der Waals surface area contributed by atoms with E-state index in [2.05, 4.69) is 5.32 Å². The largest absolute Gasteiger partial charge is 0.463 e. The topological polar surface area (TPSA) is 101 Å². The molecule has 4 rings (SSSR count). The first-order chi connectivity index (χ1) is 13.7. The van der Waals surface area contributed by atoms with Crippen molar-refractivity contribution in [2.75, 3.05) is 13.2 Å². The Morgan fingerprint density at radius 1 is 0.964 bits per heavy atom. The molecule has 0 aliphatic carbocycles. The number of hydrogen-bond donors (Lipinski definition) is 2. The third-order valence-electron chi connectivity index (χ3n) is 4.26. The van der Waals surface area contributed by atoms with Crippen molar-refractivity contribution in [3.05, 3.63) is 60.6 Å². The highest BCUT2D eigenvalue weighted by Crippen LogP contribution is 2.31. The number of aromatic nitrogens is 2. The zero-order valence-electron chi connectivity index (χ0n) is 15.1. The summed E-state index contributed by atoms with van der Waals surface area (Å²) < 4.78 is 11.0. The minimum absolute atomic E-state index is 0.0550. The Bertz CT molecular complexity index is 1070. The normalized spacial score (nSPS) is 11.0. The van der Waals surface area contributed by atoms with Crippen LogP contribution in [0.4, 0.5) is 0 Å². The molecule has 3 heterocycles. The summed E-state index contributed by atoms with van der Waals surface area (Å²) in [6.45, 7) is 0.511. The average Bonchev–Trinajstić information content (AvgIpc) is 3.41. The molecule has 28 heavy (non-hydrogen) atoms. The van der Waals surface area contributed by atoms with E-state index in [9.17, 15) is 4.79 Å². The fraction of sp³-hybridized carbons (Fsp3) is 0.190. The molecule has 142 valence electrons.